The first-order chi connectivity index (χ1) is 13.4. The Morgan fingerprint density at radius 2 is 1.48 bits per heavy atom. The molecule has 0 atom stereocenters. The normalized spacial score (nSPS) is 14.7. The molecule has 0 spiro atoms. The van der Waals surface area contributed by atoms with Gasteiger partial charge in [-0.25, -0.2) is 4.99 Å². The summed E-state index contributed by atoms with van der Waals surface area (Å²) in [5, 5.41) is 0. The minimum absolute atomic E-state index is 0.805. The van der Waals surface area contributed by atoms with Crippen LogP contribution < -0.4 is 0 Å². The first-order valence-corrected chi connectivity index (χ1v) is 9.33. The van der Waals surface area contributed by atoms with Crippen LogP contribution in [0.25, 0.3) is 0 Å². The summed E-state index contributed by atoms with van der Waals surface area (Å²) in [6.07, 6.45) is 1.86. The van der Waals surface area contributed by atoms with Crippen molar-refractivity contribution in [2.24, 2.45) is 4.99 Å². The van der Waals surface area contributed by atoms with Gasteiger partial charge in [0.25, 0.3) is 0 Å². The number of aliphatic imine (C=N–C) groups is 1. The average molecular weight is 357 g/mol. The second kappa shape index (κ2) is 8.71. The SMILES string of the molecule is c1ccc(C(=Nc2ccc(CN3CCOCC3)nc2)c2ccccc2)cc1. The van der Waals surface area contributed by atoms with Crippen molar-refractivity contribution < 1.29 is 4.74 Å². The molecule has 0 saturated carbocycles. The first-order valence-electron chi connectivity index (χ1n) is 9.33. The Labute approximate surface area is 160 Å². The quantitative estimate of drug-likeness (QED) is 0.646. The smallest absolute Gasteiger partial charge is 0.0820 e. The molecule has 4 heteroatoms. The van der Waals surface area contributed by atoms with E-state index in [1.165, 1.54) is 0 Å². The van der Waals surface area contributed by atoms with E-state index in [4.69, 9.17) is 9.73 Å². The highest BCUT2D eigenvalue weighted by Crippen LogP contribution is 2.18. The van der Waals surface area contributed by atoms with Gasteiger partial charge in [-0.3, -0.25) is 9.88 Å². The van der Waals surface area contributed by atoms with Gasteiger partial charge in [0.15, 0.2) is 0 Å². The molecule has 0 radical (unpaired) electrons. The van der Waals surface area contributed by atoms with Crippen molar-refractivity contribution in [3.05, 3.63) is 95.8 Å². The standard InChI is InChI=1S/C23H23N3O/c1-3-7-19(8-4-1)23(20-9-5-2-6-10-20)25-21-11-12-22(24-17-21)18-26-13-15-27-16-14-26/h1-12,17H,13-16,18H2. The number of aromatic nitrogens is 1. The number of morpholine rings is 1. The monoisotopic (exact) mass is 357 g/mol. The maximum absolute atomic E-state index is 5.40. The van der Waals surface area contributed by atoms with Crippen LogP contribution in [0.3, 0.4) is 0 Å². The molecule has 1 fully saturated rings. The molecule has 2 heterocycles. The molecule has 1 aliphatic rings. The van der Waals surface area contributed by atoms with Gasteiger partial charge in [0.1, 0.15) is 0 Å². The molecule has 0 aliphatic carbocycles. The summed E-state index contributed by atoms with van der Waals surface area (Å²) in [4.78, 5) is 11.9. The molecular weight excluding hydrogens is 334 g/mol. The zero-order valence-electron chi connectivity index (χ0n) is 15.3. The van der Waals surface area contributed by atoms with E-state index in [1.807, 2.05) is 42.6 Å². The van der Waals surface area contributed by atoms with E-state index in [1.54, 1.807) is 0 Å². The third kappa shape index (κ3) is 4.67. The van der Waals surface area contributed by atoms with Crippen LogP contribution in [-0.2, 0) is 11.3 Å². The summed E-state index contributed by atoms with van der Waals surface area (Å²) < 4.78 is 5.40. The molecule has 27 heavy (non-hydrogen) atoms. The molecule has 1 saturated heterocycles. The lowest BCUT2D eigenvalue weighted by Crippen LogP contribution is -2.35. The van der Waals surface area contributed by atoms with Crippen LogP contribution in [0, 0.1) is 0 Å². The average Bonchev–Trinajstić information content (AvgIpc) is 2.75. The Morgan fingerprint density at radius 1 is 0.852 bits per heavy atom. The fraction of sp³-hybridized carbons (Fsp3) is 0.217. The lowest BCUT2D eigenvalue weighted by molar-refractivity contribution is 0.0336. The Balaban J connectivity index is 1.58. The van der Waals surface area contributed by atoms with Gasteiger partial charge >= 0.3 is 0 Å². The Hall–Kier alpha value is -2.82. The van der Waals surface area contributed by atoms with Crippen molar-refractivity contribution in [1.82, 2.24) is 9.88 Å². The molecule has 2 aromatic carbocycles. The third-order valence-electron chi connectivity index (χ3n) is 4.63. The summed E-state index contributed by atoms with van der Waals surface area (Å²) >= 11 is 0. The van der Waals surface area contributed by atoms with E-state index in [0.717, 1.165) is 61.1 Å². The van der Waals surface area contributed by atoms with E-state index in [-0.39, 0.29) is 0 Å². The Kier molecular flexibility index (Phi) is 5.67. The largest absolute Gasteiger partial charge is 0.379 e. The van der Waals surface area contributed by atoms with Crippen molar-refractivity contribution in [2.75, 3.05) is 26.3 Å². The van der Waals surface area contributed by atoms with Gasteiger partial charge in [-0.1, -0.05) is 60.7 Å². The van der Waals surface area contributed by atoms with Gasteiger partial charge in [-0.05, 0) is 12.1 Å². The van der Waals surface area contributed by atoms with E-state index in [0.29, 0.717) is 0 Å². The Morgan fingerprint density at radius 3 is 2.04 bits per heavy atom. The highest BCUT2D eigenvalue weighted by atomic mass is 16.5. The minimum Gasteiger partial charge on any atom is -0.379 e. The maximum Gasteiger partial charge on any atom is 0.0820 e. The highest BCUT2D eigenvalue weighted by Gasteiger charge is 2.11. The van der Waals surface area contributed by atoms with Gasteiger partial charge < -0.3 is 4.74 Å². The molecule has 4 nitrogen and oxygen atoms in total. The third-order valence-corrected chi connectivity index (χ3v) is 4.63. The highest BCUT2D eigenvalue weighted by molar-refractivity contribution is 6.13. The van der Waals surface area contributed by atoms with Crippen LogP contribution in [0.1, 0.15) is 16.8 Å². The molecule has 0 bridgehead atoms. The van der Waals surface area contributed by atoms with Crippen LogP contribution in [0.2, 0.25) is 0 Å². The van der Waals surface area contributed by atoms with Gasteiger partial charge in [-0.15, -0.1) is 0 Å². The van der Waals surface area contributed by atoms with Crippen LogP contribution in [0.4, 0.5) is 5.69 Å². The van der Waals surface area contributed by atoms with E-state index in [9.17, 15) is 0 Å². The lowest BCUT2D eigenvalue weighted by Gasteiger charge is -2.26. The maximum atomic E-state index is 5.40. The van der Waals surface area contributed by atoms with E-state index >= 15 is 0 Å². The fourth-order valence-corrected chi connectivity index (χ4v) is 3.18. The van der Waals surface area contributed by atoms with Crippen molar-refractivity contribution in [2.45, 2.75) is 6.54 Å². The molecule has 136 valence electrons. The molecular formula is C23H23N3O. The summed E-state index contributed by atoms with van der Waals surface area (Å²) in [6.45, 7) is 4.40. The molecule has 0 unspecified atom stereocenters. The zero-order chi connectivity index (χ0) is 18.3. The molecule has 0 amide bonds. The van der Waals surface area contributed by atoms with Crippen LogP contribution >= 0.6 is 0 Å². The van der Waals surface area contributed by atoms with Gasteiger partial charge in [-0.2, -0.15) is 0 Å². The fourth-order valence-electron chi connectivity index (χ4n) is 3.18. The number of rotatable bonds is 5. The molecule has 3 aromatic rings. The van der Waals surface area contributed by atoms with Crippen molar-refractivity contribution in [3.8, 4) is 0 Å². The number of nitrogens with zero attached hydrogens (tertiary/aromatic N) is 3. The van der Waals surface area contributed by atoms with Gasteiger partial charge in [0.05, 0.1) is 36.5 Å². The lowest BCUT2D eigenvalue weighted by atomic mass is 10.0. The Bertz CT molecular complexity index is 829. The second-order valence-corrected chi connectivity index (χ2v) is 6.59. The van der Waals surface area contributed by atoms with Crippen LogP contribution in [0.15, 0.2) is 84.0 Å². The first kappa shape index (κ1) is 17.6. The molecule has 4 rings (SSSR count). The van der Waals surface area contributed by atoms with Crippen molar-refractivity contribution >= 4 is 11.4 Å². The molecule has 0 N–H and O–H groups in total. The molecule has 1 aliphatic heterocycles. The number of hydrogen-bond acceptors (Lipinski definition) is 4. The predicted octanol–water partition coefficient (Wildman–Crippen LogP) is 4.08. The van der Waals surface area contributed by atoms with Gasteiger partial charge in [0, 0.05) is 30.8 Å². The summed E-state index contributed by atoms with van der Waals surface area (Å²) in [5.41, 5.74) is 5.08. The van der Waals surface area contributed by atoms with E-state index < -0.39 is 0 Å². The minimum atomic E-state index is 0.805. The summed E-state index contributed by atoms with van der Waals surface area (Å²) in [7, 11) is 0. The number of pyridine rings is 1. The predicted molar refractivity (Wildman–Crippen MR) is 109 cm³/mol. The zero-order valence-corrected chi connectivity index (χ0v) is 15.3. The number of benzene rings is 2. The number of ether oxygens (including phenoxy) is 1. The summed E-state index contributed by atoms with van der Waals surface area (Å²) in [6, 6.07) is 24.7. The van der Waals surface area contributed by atoms with E-state index in [2.05, 4.69) is 46.3 Å². The topological polar surface area (TPSA) is 37.7 Å². The van der Waals surface area contributed by atoms with Gasteiger partial charge in [0.2, 0.25) is 0 Å². The molecule has 1 aromatic heterocycles. The van der Waals surface area contributed by atoms with Crippen LogP contribution in [0.5, 0.6) is 0 Å². The van der Waals surface area contributed by atoms with Crippen molar-refractivity contribution in [1.29, 1.82) is 0 Å². The second-order valence-electron chi connectivity index (χ2n) is 6.59. The number of hydrogen-bond donors (Lipinski definition) is 0. The van der Waals surface area contributed by atoms with Crippen molar-refractivity contribution in [3.63, 3.8) is 0 Å². The van der Waals surface area contributed by atoms with Crippen LogP contribution in [-0.4, -0.2) is 41.9 Å². The summed E-state index contributed by atoms with van der Waals surface area (Å²) in [5.74, 6) is 0.